The number of allylic oxidation sites excluding steroid dienone is 1. The van der Waals surface area contributed by atoms with Crippen LogP contribution < -0.4 is 0 Å². The Labute approximate surface area is 133 Å². The zero-order chi connectivity index (χ0) is 15.4. The van der Waals surface area contributed by atoms with Crippen molar-refractivity contribution in [2.45, 2.75) is 31.6 Å². The van der Waals surface area contributed by atoms with Crippen LogP contribution in [0, 0.1) is 5.92 Å². The van der Waals surface area contributed by atoms with Crippen molar-refractivity contribution in [3.63, 3.8) is 0 Å². The summed E-state index contributed by atoms with van der Waals surface area (Å²) < 4.78 is 0. The Bertz CT molecular complexity index is 629. The molecule has 3 rings (SSSR count). The molecule has 0 saturated heterocycles. The lowest BCUT2D eigenvalue weighted by Crippen LogP contribution is -2.11. The molecular formula is C21H23N. The Morgan fingerprint density at radius 1 is 0.818 bits per heavy atom. The molecule has 1 heteroatoms. The fourth-order valence-corrected chi connectivity index (χ4v) is 3.40. The van der Waals surface area contributed by atoms with Gasteiger partial charge in [-0.1, -0.05) is 42.5 Å². The van der Waals surface area contributed by atoms with Crippen molar-refractivity contribution in [3.05, 3.63) is 66.7 Å². The first kappa shape index (κ1) is 14.8. The van der Waals surface area contributed by atoms with Crippen LogP contribution in [0.5, 0.6) is 0 Å². The highest BCUT2D eigenvalue weighted by molar-refractivity contribution is 5.66. The number of hydrogen-bond donors (Lipinski definition) is 0. The summed E-state index contributed by atoms with van der Waals surface area (Å²) in [5.74, 6) is 1.45. The molecule has 1 saturated carbocycles. The van der Waals surface area contributed by atoms with Gasteiger partial charge in [-0.05, 0) is 73.1 Å². The predicted octanol–water partition coefficient (Wildman–Crippen LogP) is 6.15. The zero-order valence-electron chi connectivity index (χ0n) is 13.0. The molecule has 2 aromatic carbocycles. The van der Waals surface area contributed by atoms with Crippen LogP contribution in [0.15, 0.2) is 66.2 Å². The van der Waals surface area contributed by atoms with Crippen molar-refractivity contribution in [1.82, 2.24) is 0 Å². The smallest absolute Gasteiger partial charge is 0.0622 e. The van der Waals surface area contributed by atoms with E-state index in [-0.39, 0.29) is 0 Å². The van der Waals surface area contributed by atoms with Gasteiger partial charge in [-0.15, -0.1) is 6.58 Å². The molecular weight excluding hydrogens is 266 g/mol. The standard InChI is InChI=1S/C21H23N/c1-3-16-4-6-17(7-5-16)18-8-10-19(11-9-18)20-12-14-21(22-2)15-13-20/h3,8-17H,1-2,4-7H2. The van der Waals surface area contributed by atoms with Crippen molar-refractivity contribution in [2.24, 2.45) is 10.9 Å². The summed E-state index contributed by atoms with van der Waals surface area (Å²) in [6, 6.07) is 17.3. The van der Waals surface area contributed by atoms with Crippen LogP contribution in [0.25, 0.3) is 11.1 Å². The third-order valence-electron chi connectivity index (χ3n) is 4.87. The van der Waals surface area contributed by atoms with Crippen molar-refractivity contribution in [3.8, 4) is 11.1 Å². The first-order chi connectivity index (χ1) is 10.8. The Balaban J connectivity index is 1.72. The summed E-state index contributed by atoms with van der Waals surface area (Å²) in [5.41, 5.74) is 4.89. The minimum atomic E-state index is 0.720. The maximum absolute atomic E-state index is 3.94. The molecule has 1 fully saturated rings. The SMILES string of the molecule is C=CC1CCC(c2ccc(-c3ccc(N=C)cc3)cc2)CC1. The van der Waals surface area contributed by atoms with Gasteiger partial charge in [-0.2, -0.15) is 0 Å². The van der Waals surface area contributed by atoms with Crippen molar-refractivity contribution in [2.75, 3.05) is 0 Å². The molecule has 0 atom stereocenters. The van der Waals surface area contributed by atoms with Gasteiger partial charge in [0.25, 0.3) is 0 Å². The third kappa shape index (κ3) is 3.19. The van der Waals surface area contributed by atoms with E-state index >= 15 is 0 Å². The van der Waals surface area contributed by atoms with Crippen LogP contribution >= 0.6 is 0 Å². The van der Waals surface area contributed by atoms with Crippen LogP contribution in [0.2, 0.25) is 0 Å². The van der Waals surface area contributed by atoms with E-state index in [2.05, 4.69) is 60.8 Å². The van der Waals surface area contributed by atoms with Crippen LogP contribution in [-0.4, -0.2) is 6.72 Å². The summed E-state index contributed by atoms with van der Waals surface area (Å²) in [6.07, 6.45) is 7.27. The summed E-state index contributed by atoms with van der Waals surface area (Å²) in [7, 11) is 0. The van der Waals surface area contributed by atoms with Gasteiger partial charge in [-0.3, -0.25) is 4.99 Å². The van der Waals surface area contributed by atoms with Crippen molar-refractivity contribution < 1.29 is 0 Å². The number of nitrogens with zero attached hydrogens (tertiary/aromatic N) is 1. The molecule has 0 aliphatic heterocycles. The molecule has 0 radical (unpaired) electrons. The molecule has 22 heavy (non-hydrogen) atoms. The number of rotatable bonds is 4. The average molecular weight is 289 g/mol. The monoisotopic (exact) mass is 289 g/mol. The van der Waals surface area contributed by atoms with Crippen molar-refractivity contribution in [1.29, 1.82) is 0 Å². The van der Waals surface area contributed by atoms with Crippen LogP contribution in [0.1, 0.15) is 37.2 Å². The van der Waals surface area contributed by atoms with Gasteiger partial charge in [0.15, 0.2) is 0 Å². The van der Waals surface area contributed by atoms with Gasteiger partial charge in [0.05, 0.1) is 5.69 Å². The fraction of sp³-hybridized carbons (Fsp3) is 0.286. The van der Waals surface area contributed by atoms with Crippen molar-refractivity contribution >= 4 is 12.4 Å². The van der Waals surface area contributed by atoms with Gasteiger partial charge in [0.2, 0.25) is 0 Å². The number of aliphatic imine (C=N–C) groups is 1. The quantitative estimate of drug-likeness (QED) is 0.473. The minimum absolute atomic E-state index is 0.720. The first-order valence-corrected chi connectivity index (χ1v) is 8.10. The van der Waals surface area contributed by atoms with Gasteiger partial charge in [0, 0.05) is 0 Å². The predicted molar refractivity (Wildman–Crippen MR) is 96.0 cm³/mol. The molecule has 0 N–H and O–H groups in total. The van der Waals surface area contributed by atoms with Crippen LogP contribution in [0.3, 0.4) is 0 Å². The summed E-state index contributed by atoms with van der Waals surface area (Å²) >= 11 is 0. The van der Waals surface area contributed by atoms with E-state index in [0.717, 1.165) is 17.5 Å². The molecule has 0 spiro atoms. The lowest BCUT2D eigenvalue weighted by Gasteiger charge is -2.27. The molecule has 1 nitrogen and oxygen atoms in total. The maximum Gasteiger partial charge on any atom is 0.0622 e. The molecule has 1 aliphatic rings. The van der Waals surface area contributed by atoms with Gasteiger partial charge in [-0.25, -0.2) is 0 Å². The summed E-state index contributed by atoms with van der Waals surface area (Å²) in [5, 5.41) is 0. The summed E-state index contributed by atoms with van der Waals surface area (Å²) in [6.45, 7) is 7.48. The van der Waals surface area contributed by atoms with E-state index in [9.17, 15) is 0 Å². The highest BCUT2D eigenvalue weighted by Gasteiger charge is 2.20. The Morgan fingerprint density at radius 2 is 1.36 bits per heavy atom. The fourth-order valence-electron chi connectivity index (χ4n) is 3.40. The minimum Gasteiger partial charge on any atom is -0.265 e. The Kier molecular flexibility index (Phi) is 4.53. The van der Waals surface area contributed by atoms with E-state index in [1.54, 1.807) is 0 Å². The molecule has 112 valence electrons. The second-order valence-electron chi connectivity index (χ2n) is 6.17. The highest BCUT2D eigenvalue weighted by Crippen LogP contribution is 2.36. The molecule has 0 unspecified atom stereocenters. The zero-order valence-corrected chi connectivity index (χ0v) is 13.0. The highest BCUT2D eigenvalue weighted by atomic mass is 14.7. The summed E-state index contributed by atoms with van der Waals surface area (Å²) in [4.78, 5) is 3.94. The average Bonchev–Trinajstić information content (AvgIpc) is 2.62. The Hall–Kier alpha value is -2.15. The van der Waals surface area contributed by atoms with E-state index in [1.807, 2.05) is 12.1 Å². The largest absolute Gasteiger partial charge is 0.265 e. The molecule has 0 aromatic heterocycles. The normalized spacial score (nSPS) is 21.3. The van der Waals surface area contributed by atoms with E-state index in [1.165, 1.54) is 42.4 Å². The molecule has 2 aromatic rings. The molecule has 1 aliphatic carbocycles. The molecule has 0 heterocycles. The maximum atomic E-state index is 3.94. The van der Waals surface area contributed by atoms with Gasteiger partial charge in [0.1, 0.15) is 0 Å². The first-order valence-electron chi connectivity index (χ1n) is 8.10. The third-order valence-corrected chi connectivity index (χ3v) is 4.87. The molecule has 0 bridgehead atoms. The number of benzene rings is 2. The van der Waals surface area contributed by atoms with Gasteiger partial charge >= 0.3 is 0 Å². The van der Waals surface area contributed by atoms with E-state index < -0.39 is 0 Å². The topological polar surface area (TPSA) is 12.4 Å². The molecule has 0 amide bonds. The van der Waals surface area contributed by atoms with Crippen LogP contribution in [0.4, 0.5) is 5.69 Å². The second-order valence-corrected chi connectivity index (χ2v) is 6.17. The van der Waals surface area contributed by atoms with Crippen LogP contribution in [-0.2, 0) is 0 Å². The number of hydrogen-bond acceptors (Lipinski definition) is 1. The Morgan fingerprint density at radius 3 is 1.86 bits per heavy atom. The van der Waals surface area contributed by atoms with Gasteiger partial charge < -0.3 is 0 Å². The second kappa shape index (κ2) is 6.74. The lowest BCUT2D eigenvalue weighted by atomic mass is 9.78. The lowest BCUT2D eigenvalue weighted by molar-refractivity contribution is 0.376. The van der Waals surface area contributed by atoms with E-state index in [0.29, 0.717) is 0 Å². The van der Waals surface area contributed by atoms with E-state index in [4.69, 9.17) is 0 Å².